The number of hydrogen-bond acceptors (Lipinski definition) is 0. The monoisotopic (exact) mass is 416 g/mol. The van der Waals surface area contributed by atoms with E-state index in [1.807, 2.05) is 18.2 Å². The highest BCUT2D eigenvalue weighted by atomic mass is 35.5. The first-order valence-electron chi connectivity index (χ1n) is 10.4. The zero-order valence-corrected chi connectivity index (χ0v) is 17.8. The average Bonchev–Trinajstić information content (AvgIpc) is 2.85. The molecule has 5 aromatic rings. The topological polar surface area (TPSA) is 0 Å². The van der Waals surface area contributed by atoms with Crippen molar-refractivity contribution < 1.29 is 0 Å². The van der Waals surface area contributed by atoms with Crippen molar-refractivity contribution in [2.75, 3.05) is 0 Å². The van der Waals surface area contributed by atoms with Crippen molar-refractivity contribution >= 4 is 11.6 Å². The predicted octanol–water partition coefficient (Wildman–Crippen LogP) is 9.01. The first kappa shape index (κ1) is 19.4. The maximum Gasteiger partial charge on any atom is 0.0484 e. The minimum absolute atomic E-state index is 0.766. The Balaban J connectivity index is 1.67. The quantitative estimate of drug-likeness (QED) is 0.274. The number of halogens is 1. The van der Waals surface area contributed by atoms with Crippen LogP contribution in [0.4, 0.5) is 0 Å². The van der Waals surface area contributed by atoms with E-state index in [1.54, 1.807) is 0 Å². The van der Waals surface area contributed by atoms with Crippen molar-refractivity contribution in [2.45, 2.75) is 0 Å². The fourth-order valence-corrected chi connectivity index (χ4v) is 4.20. The van der Waals surface area contributed by atoms with Gasteiger partial charge in [0.2, 0.25) is 0 Å². The molecule has 5 aromatic carbocycles. The van der Waals surface area contributed by atoms with Crippen molar-refractivity contribution in [3.63, 3.8) is 0 Å². The highest BCUT2D eigenvalue weighted by Gasteiger charge is 2.09. The lowest BCUT2D eigenvalue weighted by molar-refractivity contribution is 1.56. The second-order valence-electron chi connectivity index (χ2n) is 7.59. The number of rotatable bonds is 4. The Bertz CT molecular complexity index is 1260. The summed E-state index contributed by atoms with van der Waals surface area (Å²) >= 11 is 6.47. The summed E-state index contributed by atoms with van der Waals surface area (Å²) < 4.78 is 0. The molecule has 0 spiro atoms. The Morgan fingerprint density at radius 2 is 0.742 bits per heavy atom. The normalized spacial score (nSPS) is 10.7. The Morgan fingerprint density at radius 3 is 1.32 bits per heavy atom. The van der Waals surface area contributed by atoms with Gasteiger partial charge in [-0.05, 0) is 69.3 Å². The lowest BCUT2D eigenvalue weighted by atomic mass is 9.92. The molecule has 0 radical (unpaired) electrons. The first-order valence-corrected chi connectivity index (χ1v) is 10.8. The van der Waals surface area contributed by atoms with E-state index in [9.17, 15) is 0 Å². The number of hydrogen-bond donors (Lipinski definition) is 0. The Kier molecular flexibility index (Phi) is 5.39. The minimum atomic E-state index is 0.766. The molecule has 0 nitrogen and oxygen atoms in total. The molecule has 5 rings (SSSR count). The lowest BCUT2D eigenvalue weighted by Gasteiger charge is -2.13. The molecule has 0 aliphatic rings. The molecule has 0 aliphatic heterocycles. The van der Waals surface area contributed by atoms with Crippen LogP contribution in [-0.4, -0.2) is 0 Å². The Hall–Kier alpha value is -3.61. The molecule has 0 saturated carbocycles. The van der Waals surface area contributed by atoms with Crippen LogP contribution < -0.4 is 0 Å². The first-order chi connectivity index (χ1) is 15.3. The average molecular weight is 417 g/mol. The second kappa shape index (κ2) is 8.63. The summed E-state index contributed by atoms with van der Waals surface area (Å²) in [6, 6.07) is 44.5. The van der Waals surface area contributed by atoms with Crippen LogP contribution in [0.15, 0.2) is 127 Å². The van der Waals surface area contributed by atoms with Crippen LogP contribution >= 0.6 is 11.6 Å². The third-order valence-corrected chi connectivity index (χ3v) is 5.86. The molecule has 0 fully saturated rings. The van der Waals surface area contributed by atoms with Gasteiger partial charge in [0.15, 0.2) is 0 Å². The molecule has 1 heteroatoms. The van der Waals surface area contributed by atoms with Crippen LogP contribution in [0.1, 0.15) is 0 Å². The van der Waals surface area contributed by atoms with Crippen LogP contribution in [0.3, 0.4) is 0 Å². The lowest BCUT2D eigenvalue weighted by Crippen LogP contribution is -1.87. The highest BCUT2D eigenvalue weighted by molar-refractivity contribution is 6.33. The van der Waals surface area contributed by atoms with E-state index in [4.69, 9.17) is 11.6 Å². The Labute approximate surface area is 188 Å². The maximum atomic E-state index is 6.47. The SMILES string of the molecule is Clc1ccccc1-c1cccc(-c2cc(-c3ccccc3)cc(-c3ccccc3)c2)c1. The van der Waals surface area contributed by atoms with E-state index in [0.29, 0.717) is 0 Å². The molecular weight excluding hydrogens is 396 g/mol. The van der Waals surface area contributed by atoms with Crippen LogP contribution in [0.2, 0.25) is 5.02 Å². The van der Waals surface area contributed by atoms with E-state index in [0.717, 1.165) is 16.1 Å². The largest absolute Gasteiger partial charge is 0.0837 e. The Morgan fingerprint density at radius 1 is 0.323 bits per heavy atom. The second-order valence-corrected chi connectivity index (χ2v) is 8.00. The summed E-state index contributed by atoms with van der Waals surface area (Å²) in [7, 11) is 0. The summed E-state index contributed by atoms with van der Waals surface area (Å²) in [4.78, 5) is 0. The molecule has 0 saturated heterocycles. The predicted molar refractivity (Wildman–Crippen MR) is 133 cm³/mol. The van der Waals surface area contributed by atoms with Crippen molar-refractivity contribution in [3.05, 3.63) is 132 Å². The van der Waals surface area contributed by atoms with Crippen LogP contribution in [0.25, 0.3) is 44.5 Å². The van der Waals surface area contributed by atoms with Gasteiger partial charge in [-0.1, -0.05) is 109 Å². The van der Waals surface area contributed by atoms with Gasteiger partial charge in [0.05, 0.1) is 0 Å². The summed E-state index contributed by atoms with van der Waals surface area (Å²) in [5.74, 6) is 0. The van der Waals surface area contributed by atoms with Gasteiger partial charge in [-0.2, -0.15) is 0 Å². The molecule has 0 bridgehead atoms. The van der Waals surface area contributed by atoms with Crippen LogP contribution in [0.5, 0.6) is 0 Å². The molecule has 148 valence electrons. The van der Waals surface area contributed by atoms with Crippen molar-refractivity contribution in [2.24, 2.45) is 0 Å². The van der Waals surface area contributed by atoms with Gasteiger partial charge in [0, 0.05) is 10.6 Å². The molecule has 0 atom stereocenters. The van der Waals surface area contributed by atoms with E-state index in [2.05, 4.69) is 109 Å². The van der Waals surface area contributed by atoms with Crippen LogP contribution in [-0.2, 0) is 0 Å². The van der Waals surface area contributed by atoms with Gasteiger partial charge in [-0.25, -0.2) is 0 Å². The smallest absolute Gasteiger partial charge is 0.0484 e. The third-order valence-electron chi connectivity index (χ3n) is 5.53. The van der Waals surface area contributed by atoms with Crippen LogP contribution in [0, 0.1) is 0 Å². The zero-order valence-electron chi connectivity index (χ0n) is 17.0. The zero-order chi connectivity index (χ0) is 21.0. The van der Waals surface area contributed by atoms with Crippen molar-refractivity contribution in [1.29, 1.82) is 0 Å². The summed E-state index contributed by atoms with van der Waals surface area (Å²) in [5.41, 5.74) is 9.37. The molecule has 0 unspecified atom stereocenters. The molecule has 0 N–H and O–H groups in total. The summed E-state index contributed by atoms with van der Waals surface area (Å²) in [6.45, 7) is 0. The standard InChI is InChI=1S/C30H21Cl/c31-30-17-8-7-16-29(30)25-15-9-14-24(18-25)28-20-26(22-10-3-1-4-11-22)19-27(21-28)23-12-5-2-6-13-23/h1-21H. The fraction of sp³-hybridized carbons (Fsp3) is 0. The van der Waals surface area contributed by atoms with Gasteiger partial charge in [0.25, 0.3) is 0 Å². The molecule has 0 aliphatic carbocycles. The number of benzene rings is 5. The minimum Gasteiger partial charge on any atom is -0.0837 e. The molecule has 0 heterocycles. The molecular formula is C30H21Cl. The van der Waals surface area contributed by atoms with Gasteiger partial charge < -0.3 is 0 Å². The fourth-order valence-electron chi connectivity index (χ4n) is 3.95. The van der Waals surface area contributed by atoms with E-state index < -0.39 is 0 Å². The molecule has 0 aromatic heterocycles. The summed E-state index contributed by atoms with van der Waals surface area (Å²) in [6.07, 6.45) is 0. The summed E-state index contributed by atoms with van der Waals surface area (Å²) in [5, 5.41) is 0.766. The van der Waals surface area contributed by atoms with Gasteiger partial charge >= 0.3 is 0 Å². The van der Waals surface area contributed by atoms with E-state index in [-0.39, 0.29) is 0 Å². The van der Waals surface area contributed by atoms with Crippen molar-refractivity contribution in [3.8, 4) is 44.5 Å². The van der Waals surface area contributed by atoms with Gasteiger partial charge in [0.1, 0.15) is 0 Å². The van der Waals surface area contributed by atoms with Gasteiger partial charge in [-0.3, -0.25) is 0 Å². The van der Waals surface area contributed by atoms with Crippen molar-refractivity contribution in [1.82, 2.24) is 0 Å². The van der Waals surface area contributed by atoms with E-state index >= 15 is 0 Å². The van der Waals surface area contributed by atoms with Gasteiger partial charge in [-0.15, -0.1) is 0 Å². The maximum absolute atomic E-state index is 6.47. The highest BCUT2D eigenvalue weighted by Crippen LogP contribution is 2.35. The molecule has 31 heavy (non-hydrogen) atoms. The molecule has 0 amide bonds. The third kappa shape index (κ3) is 4.17. The van der Waals surface area contributed by atoms with E-state index in [1.165, 1.54) is 33.4 Å².